The van der Waals surface area contributed by atoms with Crippen molar-refractivity contribution in [3.05, 3.63) is 152 Å². The van der Waals surface area contributed by atoms with Crippen molar-refractivity contribution in [3.63, 3.8) is 0 Å². The van der Waals surface area contributed by atoms with Gasteiger partial charge in [-0.25, -0.2) is 0 Å². The van der Waals surface area contributed by atoms with Crippen molar-refractivity contribution < 1.29 is 9.16 Å². The number of hydrogen-bond acceptors (Lipinski definition) is 2. The molecule has 0 aliphatic carbocycles. The predicted octanol–water partition coefficient (Wildman–Crippen LogP) is 8.67. The van der Waals surface area contributed by atoms with Crippen LogP contribution in [0.15, 0.2) is 152 Å². The van der Waals surface area contributed by atoms with Crippen molar-refractivity contribution in [2.24, 2.45) is 0 Å². The average molecular weight is 672 g/mol. The van der Waals surface area contributed by atoms with Gasteiger partial charge in [0.05, 0.1) is 25.0 Å². The van der Waals surface area contributed by atoms with Gasteiger partial charge in [-0.2, -0.15) is 0 Å². The molecule has 1 aliphatic rings. The molecule has 1 saturated heterocycles. The molecule has 1 aliphatic heterocycles. The number of ether oxygens (including phenoxy) is 1. The maximum absolute atomic E-state index is 7.22. The van der Waals surface area contributed by atoms with Gasteiger partial charge in [-0.1, -0.05) is 142 Å². The molecular weight excluding hydrogens is 620 g/mol. The van der Waals surface area contributed by atoms with E-state index >= 15 is 0 Å². The van der Waals surface area contributed by atoms with Gasteiger partial charge >= 0.3 is 0 Å². The lowest BCUT2D eigenvalue weighted by atomic mass is 10.1. The van der Waals surface area contributed by atoms with Gasteiger partial charge in [-0.15, -0.1) is 0 Å². The number of rotatable bonds is 14. The fraction of sp³-hybridized carbons (Fsp3) is 0.318. The number of unbranched alkanes of at least 4 members (excludes halogenated alkanes) is 2. The highest BCUT2D eigenvalue weighted by molar-refractivity contribution is 7.95. The summed E-state index contributed by atoms with van der Waals surface area (Å²) in [5.41, 5.74) is 0. The Balaban J connectivity index is 1.09. The van der Waals surface area contributed by atoms with E-state index in [9.17, 15) is 0 Å². The Morgan fingerprint density at radius 2 is 0.979 bits per heavy atom. The Labute approximate surface area is 291 Å². The van der Waals surface area contributed by atoms with Crippen LogP contribution in [0.3, 0.4) is 0 Å². The van der Waals surface area contributed by atoms with Crippen LogP contribution < -0.4 is 26.3 Å². The molecule has 5 aromatic rings. The van der Waals surface area contributed by atoms with Crippen molar-refractivity contribution in [2.75, 3.05) is 12.8 Å². The van der Waals surface area contributed by atoms with Crippen LogP contribution in [0.1, 0.15) is 59.3 Å². The molecule has 1 fully saturated rings. The molecule has 6 rings (SSSR count). The van der Waals surface area contributed by atoms with Gasteiger partial charge in [0, 0.05) is 0 Å². The summed E-state index contributed by atoms with van der Waals surface area (Å²) in [4.78, 5) is 0. The van der Waals surface area contributed by atoms with Gasteiger partial charge in [-0.3, -0.25) is 0 Å². The van der Waals surface area contributed by atoms with E-state index in [4.69, 9.17) is 9.16 Å². The molecule has 0 bridgehead atoms. The zero-order chi connectivity index (χ0) is 33.3. The fourth-order valence-electron chi connectivity index (χ4n) is 7.87. The SMILES string of the molecule is CC(C)(C)[Si](OC[C@@H]1CC[C@@H](CCCCC[P+](c2ccccc2)(c2ccccc2)c2ccccc2)O1)(c1ccccc1)c1ccccc1. The monoisotopic (exact) mass is 671 g/mol. The second-order valence-electron chi connectivity index (χ2n) is 14.3. The third-order valence-corrected chi connectivity index (χ3v) is 19.7. The normalized spacial score (nSPS) is 17.0. The largest absolute Gasteiger partial charge is 0.405 e. The molecule has 1 heterocycles. The van der Waals surface area contributed by atoms with Crippen molar-refractivity contribution in [2.45, 2.75) is 76.5 Å². The molecule has 0 amide bonds. The summed E-state index contributed by atoms with van der Waals surface area (Å²) in [6.07, 6.45) is 8.63. The summed E-state index contributed by atoms with van der Waals surface area (Å²) in [5, 5.41) is 7.07. The van der Waals surface area contributed by atoms with E-state index in [0.717, 1.165) is 19.3 Å². The van der Waals surface area contributed by atoms with Crippen molar-refractivity contribution in [1.29, 1.82) is 0 Å². The highest BCUT2D eigenvalue weighted by Gasteiger charge is 2.50. The third kappa shape index (κ3) is 7.46. The Morgan fingerprint density at radius 1 is 0.562 bits per heavy atom. The molecule has 2 nitrogen and oxygen atoms in total. The first kappa shape index (κ1) is 34.5. The topological polar surface area (TPSA) is 18.5 Å². The van der Waals surface area contributed by atoms with Crippen LogP contribution in [0.2, 0.25) is 5.04 Å². The van der Waals surface area contributed by atoms with E-state index in [-0.39, 0.29) is 11.1 Å². The van der Waals surface area contributed by atoms with Crippen LogP contribution in [0.5, 0.6) is 0 Å². The summed E-state index contributed by atoms with van der Waals surface area (Å²) in [6, 6.07) is 55.7. The zero-order valence-corrected chi connectivity index (χ0v) is 30.9. The first-order valence-corrected chi connectivity index (χ1v) is 21.8. The molecule has 2 atom stereocenters. The lowest BCUT2D eigenvalue weighted by Gasteiger charge is -2.43. The molecular formula is C44H52O2PSi+. The molecule has 0 aromatic heterocycles. The van der Waals surface area contributed by atoms with Crippen LogP contribution in [-0.4, -0.2) is 33.3 Å². The molecule has 5 aromatic carbocycles. The van der Waals surface area contributed by atoms with E-state index < -0.39 is 15.6 Å². The maximum Gasteiger partial charge on any atom is 0.261 e. The second kappa shape index (κ2) is 15.9. The highest BCUT2D eigenvalue weighted by Crippen LogP contribution is 2.56. The van der Waals surface area contributed by atoms with Gasteiger partial charge in [0.25, 0.3) is 8.32 Å². The lowest BCUT2D eigenvalue weighted by Crippen LogP contribution is -2.67. The quantitative estimate of drug-likeness (QED) is 0.0669. The summed E-state index contributed by atoms with van der Waals surface area (Å²) in [5.74, 6) is 0. The summed E-state index contributed by atoms with van der Waals surface area (Å²) in [6.45, 7) is 7.70. The smallest absolute Gasteiger partial charge is 0.261 e. The predicted molar refractivity (Wildman–Crippen MR) is 210 cm³/mol. The first-order chi connectivity index (χ1) is 23.4. The van der Waals surface area contributed by atoms with Crippen LogP contribution in [0, 0.1) is 0 Å². The standard InChI is InChI=1S/C44H52O2PSi/c1-44(2,3)48(42-29-17-7-18-30-42,43-31-19-8-20-32-43)45-36-38-34-33-37(46-38)22-10-9-21-35-47(39-23-11-4-12-24-39,40-25-13-5-14-26-40)41-27-15-6-16-28-41/h4-8,11-20,23-32,37-38H,9-10,21-22,33-36H2,1-3H3/q+1/t37-,38+/m1/s1. The molecule has 0 N–H and O–H groups in total. The molecule has 0 unspecified atom stereocenters. The summed E-state index contributed by atoms with van der Waals surface area (Å²) in [7, 11) is -4.32. The summed E-state index contributed by atoms with van der Waals surface area (Å²) < 4.78 is 13.9. The van der Waals surface area contributed by atoms with E-state index in [1.54, 1.807) is 0 Å². The molecule has 48 heavy (non-hydrogen) atoms. The summed E-state index contributed by atoms with van der Waals surface area (Å²) >= 11 is 0. The van der Waals surface area contributed by atoms with Crippen molar-refractivity contribution in [3.8, 4) is 0 Å². The first-order valence-electron chi connectivity index (χ1n) is 17.9. The second-order valence-corrected chi connectivity index (χ2v) is 22.2. The van der Waals surface area contributed by atoms with Crippen LogP contribution in [0.4, 0.5) is 0 Å². The van der Waals surface area contributed by atoms with Gasteiger partial charge in [0.1, 0.15) is 23.2 Å². The van der Waals surface area contributed by atoms with E-state index in [1.807, 2.05) is 0 Å². The van der Waals surface area contributed by atoms with Gasteiger partial charge in [0.2, 0.25) is 0 Å². The lowest BCUT2D eigenvalue weighted by molar-refractivity contribution is 0.0114. The van der Waals surface area contributed by atoms with E-state index in [0.29, 0.717) is 12.7 Å². The zero-order valence-electron chi connectivity index (χ0n) is 29.0. The van der Waals surface area contributed by atoms with E-state index in [2.05, 4.69) is 172 Å². The van der Waals surface area contributed by atoms with Gasteiger partial charge in [0.15, 0.2) is 0 Å². The Bertz CT molecular complexity index is 1520. The Kier molecular flexibility index (Phi) is 11.5. The van der Waals surface area contributed by atoms with Crippen LogP contribution in [-0.2, 0) is 9.16 Å². The van der Waals surface area contributed by atoms with Gasteiger partial charge < -0.3 is 9.16 Å². The van der Waals surface area contributed by atoms with Crippen LogP contribution >= 0.6 is 7.26 Å². The van der Waals surface area contributed by atoms with Gasteiger partial charge in [-0.05, 0) is 83.9 Å². The average Bonchev–Trinajstić information content (AvgIpc) is 3.59. The minimum Gasteiger partial charge on any atom is -0.405 e. The Morgan fingerprint density at radius 3 is 1.42 bits per heavy atom. The van der Waals surface area contributed by atoms with Crippen LogP contribution in [0.25, 0.3) is 0 Å². The third-order valence-electron chi connectivity index (χ3n) is 10.2. The number of hydrogen-bond donors (Lipinski definition) is 0. The molecule has 248 valence electrons. The van der Waals surface area contributed by atoms with Crippen molar-refractivity contribution in [1.82, 2.24) is 0 Å². The number of benzene rings is 5. The minimum absolute atomic E-state index is 0.0230. The highest BCUT2D eigenvalue weighted by atomic mass is 31.2. The fourth-order valence-corrected chi connectivity index (χ4v) is 16.9. The maximum atomic E-state index is 7.22. The molecule has 0 spiro atoms. The molecule has 0 radical (unpaired) electrons. The molecule has 4 heteroatoms. The molecule has 0 saturated carbocycles. The minimum atomic E-state index is -2.55. The van der Waals surface area contributed by atoms with E-state index in [1.165, 1.54) is 51.7 Å². The Hall–Kier alpha value is -3.33. The van der Waals surface area contributed by atoms with Crippen molar-refractivity contribution >= 4 is 41.9 Å².